The smallest absolute Gasteiger partial charge is 0.234 e. The van der Waals surface area contributed by atoms with E-state index in [0.717, 1.165) is 5.56 Å². The molecular formula is C18H20FNO3S. The lowest BCUT2D eigenvalue weighted by Gasteiger charge is -2.13. The van der Waals surface area contributed by atoms with Crippen LogP contribution in [0.3, 0.4) is 0 Å². The Hall–Kier alpha value is -2.21. The van der Waals surface area contributed by atoms with E-state index in [1.54, 1.807) is 37.4 Å². The number of halogens is 1. The van der Waals surface area contributed by atoms with Crippen molar-refractivity contribution in [1.29, 1.82) is 0 Å². The van der Waals surface area contributed by atoms with Gasteiger partial charge in [0.05, 0.1) is 25.7 Å². The van der Waals surface area contributed by atoms with Crippen LogP contribution in [0.15, 0.2) is 42.5 Å². The summed E-state index contributed by atoms with van der Waals surface area (Å²) >= 11 is 1.48. The van der Waals surface area contributed by atoms with E-state index in [-0.39, 0.29) is 22.7 Å². The number of amides is 1. The first kappa shape index (κ1) is 18.1. The van der Waals surface area contributed by atoms with Crippen LogP contribution in [0.5, 0.6) is 11.5 Å². The molecule has 0 aromatic heterocycles. The van der Waals surface area contributed by atoms with E-state index in [0.29, 0.717) is 17.2 Å². The van der Waals surface area contributed by atoms with Crippen molar-refractivity contribution in [3.63, 3.8) is 0 Å². The van der Waals surface area contributed by atoms with Gasteiger partial charge >= 0.3 is 0 Å². The number of hydrogen-bond donors (Lipinski definition) is 1. The molecule has 0 aliphatic heterocycles. The second-order valence-corrected chi connectivity index (χ2v) is 6.45. The molecule has 4 nitrogen and oxygen atoms in total. The summed E-state index contributed by atoms with van der Waals surface area (Å²) in [6.45, 7) is 1.99. The molecule has 0 spiro atoms. The maximum Gasteiger partial charge on any atom is 0.234 e. The molecule has 1 N–H and O–H groups in total. The fourth-order valence-electron chi connectivity index (χ4n) is 2.12. The van der Waals surface area contributed by atoms with Gasteiger partial charge in [-0.1, -0.05) is 12.1 Å². The van der Waals surface area contributed by atoms with Gasteiger partial charge in [-0.3, -0.25) is 4.79 Å². The Morgan fingerprint density at radius 1 is 1.17 bits per heavy atom. The average Bonchev–Trinajstić information content (AvgIpc) is 2.60. The quantitative estimate of drug-likeness (QED) is 0.811. The minimum atomic E-state index is -0.264. The van der Waals surface area contributed by atoms with Crippen LogP contribution in [0.1, 0.15) is 17.7 Å². The number of hydrogen-bond acceptors (Lipinski definition) is 4. The number of benzene rings is 2. The Kier molecular flexibility index (Phi) is 6.49. The van der Waals surface area contributed by atoms with E-state index in [4.69, 9.17) is 9.47 Å². The fourth-order valence-corrected chi connectivity index (χ4v) is 2.94. The molecule has 1 unspecified atom stereocenters. The van der Waals surface area contributed by atoms with Crippen molar-refractivity contribution in [2.45, 2.75) is 12.2 Å². The number of carbonyl (C=O) groups excluding carboxylic acids is 1. The summed E-state index contributed by atoms with van der Waals surface area (Å²) in [6.07, 6.45) is 0. The molecule has 0 heterocycles. The monoisotopic (exact) mass is 349 g/mol. The van der Waals surface area contributed by atoms with Gasteiger partial charge in [0.25, 0.3) is 0 Å². The molecule has 6 heteroatoms. The maximum atomic E-state index is 12.9. The first-order valence-electron chi connectivity index (χ1n) is 7.42. The largest absolute Gasteiger partial charge is 0.497 e. The highest BCUT2D eigenvalue weighted by molar-refractivity contribution is 8.00. The third-order valence-corrected chi connectivity index (χ3v) is 4.69. The van der Waals surface area contributed by atoms with Gasteiger partial charge in [0.1, 0.15) is 17.3 Å². The van der Waals surface area contributed by atoms with Crippen molar-refractivity contribution in [1.82, 2.24) is 0 Å². The number of nitrogens with one attached hydrogen (secondary N) is 1. The van der Waals surface area contributed by atoms with Gasteiger partial charge in [-0.2, -0.15) is 0 Å². The van der Waals surface area contributed by atoms with Gasteiger partial charge < -0.3 is 14.8 Å². The molecule has 1 atom stereocenters. The Bertz CT molecular complexity index is 691. The molecule has 0 radical (unpaired) electrons. The highest BCUT2D eigenvalue weighted by Crippen LogP contribution is 2.31. The molecule has 0 aliphatic rings. The highest BCUT2D eigenvalue weighted by atomic mass is 32.2. The lowest BCUT2D eigenvalue weighted by Crippen LogP contribution is -2.15. The van der Waals surface area contributed by atoms with E-state index in [1.807, 2.05) is 6.92 Å². The maximum absolute atomic E-state index is 12.9. The number of methoxy groups -OCH3 is 2. The third-order valence-electron chi connectivity index (χ3n) is 3.49. The lowest BCUT2D eigenvalue weighted by molar-refractivity contribution is -0.113. The minimum absolute atomic E-state index is 0.0918. The van der Waals surface area contributed by atoms with Crippen LogP contribution in [0.25, 0.3) is 0 Å². The van der Waals surface area contributed by atoms with Gasteiger partial charge in [0.2, 0.25) is 5.91 Å². The molecular weight excluding hydrogens is 329 g/mol. The summed E-state index contributed by atoms with van der Waals surface area (Å²) < 4.78 is 23.3. The Labute approximate surface area is 145 Å². The topological polar surface area (TPSA) is 47.6 Å². The minimum Gasteiger partial charge on any atom is -0.497 e. The number of thioether (sulfide) groups is 1. The molecule has 0 aliphatic carbocycles. The lowest BCUT2D eigenvalue weighted by atomic mass is 10.2. The van der Waals surface area contributed by atoms with Crippen molar-refractivity contribution < 1.29 is 18.7 Å². The van der Waals surface area contributed by atoms with E-state index in [2.05, 4.69) is 5.32 Å². The molecule has 0 bridgehead atoms. The summed E-state index contributed by atoms with van der Waals surface area (Å²) in [5.41, 5.74) is 1.58. The normalized spacial score (nSPS) is 11.7. The zero-order valence-corrected chi connectivity index (χ0v) is 14.7. The number of ether oxygens (including phenoxy) is 2. The Morgan fingerprint density at radius 3 is 2.50 bits per heavy atom. The third kappa shape index (κ3) is 4.89. The second-order valence-electron chi connectivity index (χ2n) is 5.12. The zero-order chi connectivity index (χ0) is 17.5. The molecule has 2 aromatic carbocycles. The highest BCUT2D eigenvalue weighted by Gasteiger charge is 2.12. The van der Waals surface area contributed by atoms with Crippen LogP contribution in [-0.4, -0.2) is 25.9 Å². The second kappa shape index (κ2) is 8.59. The number of carbonyl (C=O) groups is 1. The average molecular weight is 349 g/mol. The fraction of sp³-hybridized carbons (Fsp3) is 0.278. The summed E-state index contributed by atoms with van der Waals surface area (Å²) in [5, 5.41) is 2.92. The number of anilines is 1. The molecule has 2 rings (SSSR count). The van der Waals surface area contributed by atoms with Crippen molar-refractivity contribution in [3.05, 3.63) is 53.8 Å². The van der Waals surface area contributed by atoms with Crippen LogP contribution < -0.4 is 14.8 Å². The Morgan fingerprint density at radius 2 is 1.88 bits per heavy atom. The van der Waals surface area contributed by atoms with E-state index < -0.39 is 0 Å². The summed E-state index contributed by atoms with van der Waals surface area (Å²) in [7, 11) is 3.11. The van der Waals surface area contributed by atoms with Gasteiger partial charge in [-0.05, 0) is 36.8 Å². The SMILES string of the molecule is COc1ccc(NC(=O)CSC(C)c2ccc(F)cc2)c(OC)c1. The van der Waals surface area contributed by atoms with Crippen molar-refractivity contribution in [3.8, 4) is 11.5 Å². The molecule has 0 saturated carbocycles. The summed E-state index contributed by atoms with van der Waals surface area (Å²) in [5.74, 6) is 1.09. The molecule has 1 amide bonds. The van der Waals surface area contributed by atoms with E-state index in [1.165, 1.54) is 31.0 Å². The van der Waals surface area contributed by atoms with Crippen molar-refractivity contribution in [2.24, 2.45) is 0 Å². The molecule has 0 saturated heterocycles. The van der Waals surface area contributed by atoms with Gasteiger partial charge in [-0.25, -0.2) is 4.39 Å². The van der Waals surface area contributed by atoms with Gasteiger partial charge in [-0.15, -0.1) is 11.8 Å². The molecule has 0 fully saturated rings. The first-order valence-corrected chi connectivity index (χ1v) is 8.47. The molecule has 128 valence electrons. The Balaban J connectivity index is 1.92. The predicted molar refractivity (Wildman–Crippen MR) is 95.4 cm³/mol. The van der Waals surface area contributed by atoms with Crippen LogP contribution in [0, 0.1) is 5.82 Å². The zero-order valence-electron chi connectivity index (χ0n) is 13.8. The summed E-state index contributed by atoms with van der Waals surface area (Å²) in [6, 6.07) is 11.5. The van der Waals surface area contributed by atoms with Crippen LogP contribution in [-0.2, 0) is 4.79 Å². The van der Waals surface area contributed by atoms with Crippen LogP contribution in [0.4, 0.5) is 10.1 Å². The van der Waals surface area contributed by atoms with Crippen molar-refractivity contribution >= 4 is 23.4 Å². The summed E-state index contributed by atoms with van der Waals surface area (Å²) in [4.78, 5) is 12.1. The first-order chi connectivity index (χ1) is 11.5. The standard InChI is InChI=1S/C18H20FNO3S/c1-12(13-4-6-14(19)7-5-13)24-11-18(21)20-16-9-8-15(22-2)10-17(16)23-3/h4-10,12H,11H2,1-3H3,(H,20,21). The number of rotatable bonds is 7. The van der Waals surface area contributed by atoms with Crippen LogP contribution >= 0.6 is 11.8 Å². The van der Waals surface area contributed by atoms with E-state index in [9.17, 15) is 9.18 Å². The predicted octanol–water partition coefficient (Wildman–Crippen LogP) is 4.28. The van der Waals surface area contributed by atoms with E-state index >= 15 is 0 Å². The van der Waals surface area contributed by atoms with Gasteiger partial charge in [0, 0.05) is 11.3 Å². The van der Waals surface area contributed by atoms with Crippen molar-refractivity contribution in [2.75, 3.05) is 25.3 Å². The van der Waals surface area contributed by atoms with Crippen LogP contribution in [0.2, 0.25) is 0 Å². The van der Waals surface area contributed by atoms with Gasteiger partial charge in [0.15, 0.2) is 0 Å². The molecule has 2 aromatic rings. The molecule has 24 heavy (non-hydrogen) atoms.